The SMILES string of the molecule is COc1ccc(-c2cc(NC(=O)CCC(=O)c3cccs3)ccc2OC)cc1. The highest BCUT2D eigenvalue weighted by atomic mass is 32.1. The second-order valence-electron chi connectivity index (χ2n) is 6.09. The molecule has 0 aliphatic carbocycles. The fourth-order valence-electron chi connectivity index (χ4n) is 2.79. The fourth-order valence-corrected chi connectivity index (χ4v) is 3.49. The predicted octanol–water partition coefficient (Wildman–Crippen LogP) is 5.03. The molecule has 2 aromatic carbocycles. The third-order valence-electron chi connectivity index (χ3n) is 4.26. The van der Waals surface area contributed by atoms with Crippen molar-refractivity contribution >= 4 is 28.7 Å². The van der Waals surface area contributed by atoms with Gasteiger partial charge in [0.05, 0.1) is 19.1 Å². The summed E-state index contributed by atoms with van der Waals surface area (Å²) in [7, 11) is 3.23. The Hall–Kier alpha value is -3.12. The summed E-state index contributed by atoms with van der Waals surface area (Å²) in [6.45, 7) is 0. The van der Waals surface area contributed by atoms with Crippen LogP contribution in [0.3, 0.4) is 0 Å². The molecule has 1 aromatic heterocycles. The van der Waals surface area contributed by atoms with Crippen molar-refractivity contribution in [2.45, 2.75) is 12.8 Å². The minimum atomic E-state index is -0.198. The molecule has 144 valence electrons. The van der Waals surface area contributed by atoms with Gasteiger partial charge in [-0.25, -0.2) is 0 Å². The third kappa shape index (κ3) is 4.78. The molecule has 0 aliphatic rings. The summed E-state index contributed by atoms with van der Waals surface area (Å²) < 4.78 is 10.6. The number of hydrogen-bond donors (Lipinski definition) is 1. The normalized spacial score (nSPS) is 10.4. The molecule has 0 radical (unpaired) electrons. The Balaban J connectivity index is 1.69. The number of ketones is 1. The average molecular weight is 395 g/mol. The smallest absolute Gasteiger partial charge is 0.224 e. The molecular formula is C22H21NO4S. The van der Waals surface area contributed by atoms with E-state index in [-0.39, 0.29) is 24.5 Å². The van der Waals surface area contributed by atoms with Gasteiger partial charge in [0.1, 0.15) is 11.5 Å². The topological polar surface area (TPSA) is 64.6 Å². The van der Waals surface area contributed by atoms with Gasteiger partial charge in [0.15, 0.2) is 5.78 Å². The van der Waals surface area contributed by atoms with Crippen LogP contribution in [0.2, 0.25) is 0 Å². The minimum Gasteiger partial charge on any atom is -0.497 e. The van der Waals surface area contributed by atoms with Gasteiger partial charge in [-0.15, -0.1) is 11.3 Å². The summed E-state index contributed by atoms with van der Waals surface area (Å²) in [5, 5.41) is 4.71. The summed E-state index contributed by atoms with van der Waals surface area (Å²) in [6.07, 6.45) is 0.328. The molecule has 0 atom stereocenters. The zero-order valence-corrected chi connectivity index (χ0v) is 16.5. The van der Waals surface area contributed by atoms with Crippen LogP contribution in [0.1, 0.15) is 22.5 Å². The van der Waals surface area contributed by atoms with E-state index < -0.39 is 0 Å². The van der Waals surface area contributed by atoms with Gasteiger partial charge in [0.25, 0.3) is 0 Å². The summed E-state index contributed by atoms with van der Waals surface area (Å²) in [6, 6.07) is 16.7. The summed E-state index contributed by atoms with van der Waals surface area (Å²) in [4.78, 5) is 25.0. The largest absolute Gasteiger partial charge is 0.497 e. The van der Waals surface area contributed by atoms with Crippen molar-refractivity contribution < 1.29 is 19.1 Å². The van der Waals surface area contributed by atoms with E-state index in [1.165, 1.54) is 11.3 Å². The number of ether oxygens (including phenoxy) is 2. The maximum atomic E-state index is 12.3. The molecule has 0 unspecified atom stereocenters. The van der Waals surface area contributed by atoms with E-state index in [2.05, 4.69) is 5.32 Å². The van der Waals surface area contributed by atoms with Crippen molar-refractivity contribution in [3.63, 3.8) is 0 Å². The number of carbonyl (C=O) groups is 2. The second-order valence-corrected chi connectivity index (χ2v) is 7.04. The maximum absolute atomic E-state index is 12.3. The molecule has 5 nitrogen and oxygen atoms in total. The van der Waals surface area contributed by atoms with E-state index in [9.17, 15) is 9.59 Å². The number of rotatable bonds is 8. The van der Waals surface area contributed by atoms with E-state index in [0.29, 0.717) is 16.3 Å². The highest BCUT2D eigenvalue weighted by Crippen LogP contribution is 2.33. The average Bonchev–Trinajstić information content (AvgIpc) is 3.27. The van der Waals surface area contributed by atoms with Crippen molar-refractivity contribution in [2.24, 2.45) is 0 Å². The number of nitrogens with one attached hydrogen (secondary N) is 1. The van der Waals surface area contributed by atoms with E-state index >= 15 is 0 Å². The highest BCUT2D eigenvalue weighted by Gasteiger charge is 2.12. The monoisotopic (exact) mass is 395 g/mol. The van der Waals surface area contributed by atoms with Crippen molar-refractivity contribution in [2.75, 3.05) is 19.5 Å². The molecule has 0 saturated heterocycles. The molecule has 0 saturated carbocycles. The van der Waals surface area contributed by atoms with Crippen LogP contribution < -0.4 is 14.8 Å². The first-order valence-electron chi connectivity index (χ1n) is 8.79. The number of carbonyl (C=O) groups excluding carboxylic acids is 2. The third-order valence-corrected chi connectivity index (χ3v) is 5.17. The Kier molecular flexibility index (Phi) is 6.45. The van der Waals surface area contributed by atoms with Crippen LogP contribution in [0.4, 0.5) is 5.69 Å². The molecule has 28 heavy (non-hydrogen) atoms. The van der Waals surface area contributed by atoms with Crippen LogP contribution in [0, 0.1) is 0 Å². The van der Waals surface area contributed by atoms with Gasteiger partial charge < -0.3 is 14.8 Å². The molecule has 3 rings (SSSR count). The van der Waals surface area contributed by atoms with Crippen LogP contribution in [0.5, 0.6) is 11.5 Å². The van der Waals surface area contributed by atoms with E-state index in [0.717, 1.165) is 16.9 Å². The van der Waals surface area contributed by atoms with Gasteiger partial charge in [-0.3, -0.25) is 9.59 Å². The van der Waals surface area contributed by atoms with Gasteiger partial charge >= 0.3 is 0 Å². The van der Waals surface area contributed by atoms with Gasteiger partial charge in [-0.1, -0.05) is 18.2 Å². The van der Waals surface area contributed by atoms with E-state index in [1.54, 1.807) is 26.4 Å². The number of methoxy groups -OCH3 is 2. The van der Waals surface area contributed by atoms with E-state index in [1.807, 2.05) is 47.8 Å². The molecule has 1 heterocycles. The molecule has 0 bridgehead atoms. The first-order chi connectivity index (χ1) is 13.6. The maximum Gasteiger partial charge on any atom is 0.224 e. The number of anilines is 1. The quantitative estimate of drug-likeness (QED) is 0.543. The Bertz CT molecular complexity index is 949. The molecule has 1 amide bonds. The molecule has 0 aliphatic heterocycles. The second kappa shape index (κ2) is 9.19. The van der Waals surface area contributed by atoms with Crippen LogP contribution in [-0.4, -0.2) is 25.9 Å². The zero-order chi connectivity index (χ0) is 19.9. The number of amides is 1. The lowest BCUT2D eigenvalue weighted by Gasteiger charge is -2.12. The van der Waals surface area contributed by atoms with Gasteiger partial charge in [0.2, 0.25) is 5.91 Å². The Morgan fingerprint density at radius 1 is 0.964 bits per heavy atom. The lowest BCUT2D eigenvalue weighted by molar-refractivity contribution is -0.116. The summed E-state index contributed by atoms with van der Waals surface area (Å²) in [5.74, 6) is 1.26. The highest BCUT2D eigenvalue weighted by molar-refractivity contribution is 7.12. The molecule has 6 heteroatoms. The van der Waals surface area contributed by atoms with Crippen LogP contribution in [0.15, 0.2) is 60.0 Å². The van der Waals surface area contributed by atoms with E-state index in [4.69, 9.17) is 9.47 Å². The predicted molar refractivity (Wildman–Crippen MR) is 111 cm³/mol. The molecule has 0 spiro atoms. The number of Topliss-reactive ketones (excluding diaryl/α,β-unsaturated/α-hetero) is 1. The summed E-state index contributed by atoms with van der Waals surface area (Å²) in [5.41, 5.74) is 2.46. The van der Waals surface area contributed by atoms with Crippen molar-refractivity contribution in [3.05, 3.63) is 64.9 Å². The van der Waals surface area contributed by atoms with Crippen LogP contribution in [-0.2, 0) is 4.79 Å². The molecule has 0 fully saturated rings. The first-order valence-corrected chi connectivity index (χ1v) is 9.67. The Morgan fingerprint density at radius 2 is 1.75 bits per heavy atom. The first kappa shape index (κ1) is 19.6. The minimum absolute atomic E-state index is 0.0150. The number of benzene rings is 2. The lowest BCUT2D eigenvalue weighted by Crippen LogP contribution is -2.13. The number of hydrogen-bond acceptors (Lipinski definition) is 5. The van der Waals surface area contributed by atoms with Crippen LogP contribution >= 0.6 is 11.3 Å². The Morgan fingerprint density at radius 3 is 2.39 bits per heavy atom. The standard InChI is InChI=1S/C22H21NO4S/c1-26-17-8-5-15(6-9-17)18-14-16(7-11-20(18)27-2)23-22(25)12-10-19(24)21-4-3-13-28-21/h3-9,11,13-14H,10,12H2,1-2H3,(H,23,25). The zero-order valence-electron chi connectivity index (χ0n) is 15.7. The van der Waals surface area contributed by atoms with Crippen molar-refractivity contribution in [3.8, 4) is 22.6 Å². The molecule has 3 aromatic rings. The van der Waals surface area contributed by atoms with Crippen LogP contribution in [0.25, 0.3) is 11.1 Å². The molecular weight excluding hydrogens is 374 g/mol. The number of thiophene rings is 1. The van der Waals surface area contributed by atoms with Gasteiger partial charge in [0, 0.05) is 24.1 Å². The Labute approximate surface area is 167 Å². The fraction of sp³-hybridized carbons (Fsp3) is 0.182. The molecule has 1 N–H and O–H groups in total. The van der Waals surface area contributed by atoms with Crippen molar-refractivity contribution in [1.82, 2.24) is 0 Å². The van der Waals surface area contributed by atoms with Crippen molar-refractivity contribution in [1.29, 1.82) is 0 Å². The lowest BCUT2D eigenvalue weighted by atomic mass is 10.0. The van der Waals surface area contributed by atoms with Gasteiger partial charge in [-0.05, 0) is 47.3 Å². The summed E-state index contributed by atoms with van der Waals surface area (Å²) >= 11 is 1.39. The van der Waals surface area contributed by atoms with Gasteiger partial charge in [-0.2, -0.15) is 0 Å².